The first kappa shape index (κ1) is 20.2. The molecule has 0 atom stereocenters. The Labute approximate surface area is 172 Å². The van der Waals surface area contributed by atoms with Crippen molar-refractivity contribution in [2.24, 2.45) is 0 Å². The summed E-state index contributed by atoms with van der Waals surface area (Å²) in [5.41, 5.74) is 2.61. The van der Waals surface area contributed by atoms with E-state index in [9.17, 15) is 13.2 Å². The number of fused-ring (bicyclic) bond motifs is 1. The van der Waals surface area contributed by atoms with Crippen molar-refractivity contribution >= 4 is 17.2 Å². The Balaban J connectivity index is 1.62. The van der Waals surface area contributed by atoms with Gasteiger partial charge in [-0.1, -0.05) is 12.1 Å². The largest absolute Gasteiger partial charge is 0.492 e. The maximum Gasteiger partial charge on any atom is 0.453 e. The van der Waals surface area contributed by atoms with E-state index in [0.29, 0.717) is 44.2 Å². The Morgan fingerprint density at radius 1 is 0.967 bits per heavy atom. The number of alkyl halides is 3. The van der Waals surface area contributed by atoms with E-state index in [1.165, 1.54) is 0 Å². The molecule has 4 rings (SSSR count). The maximum absolute atomic E-state index is 13.3. The number of piperazine rings is 1. The lowest BCUT2D eigenvalue weighted by atomic mass is 10.1. The molecular weight excluding hydrogens is 397 g/mol. The summed E-state index contributed by atoms with van der Waals surface area (Å²) in [6.07, 6.45) is -4.62. The van der Waals surface area contributed by atoms with Gasteiger partial charge in [0.25, 0.3) is 5.82 Å². The standard InChI is InChI=1S/C20H23F3N6O/c1-4-30-16-8-6-5-7-15(16)27-9-11-28(12-10-27)18-14(3)13(2)17-24-25-19(20(21,22)23)29(17)26-18/h5-8H,4,9-12H2,1-3H3. The average Bonchev–Trinajstić information content (AvgIpc) is 3.16. The zero-order valence-electron chi connectivity index (χ0n) is 17.1. The summed E-state index contributed by atoms with van der Waals surface area (Å²) >= 11 is 0. The Morgan fingerprint density at radius 2 is 1.63 bits per heavy atom. The van der Waals surface area contributed by atoms with Gasteiger partial charge in [-0.3, -0.25) is 0 Å². The number of hydrogen-bond donors (Lipinski definition) is 0. The lowest BCUT2D eigenvalue weighted by Gasteiger charge is -2.37. The van der Waals surface area contributed by atoms with Crippen LogP contribution in [0.25, 0.3) is 5.65 Å². The molecule has 0 spiro atoms. The molecule has 1 aliphatic heterocycles. The van der Waals surface area contributed by atoms with Crippen molar-refractivity contribution in [3.8, 4) is 5.75 Å². The van der Waals surface area contributed by atoms with Crippen LogP contribution in [0.1, 0.15) is 23.9 Å². The third-order valence-corrected chi connectivity index (χ3v) is 5.41. The van der Waals surface area contributed by atoms with Crippen LogP contribution in [0.2, 0.25) is 0 Å². The Bertz CT molecular complexity index is 1060. The molecule has 3 aromatic rings. The Morgan fingerprint density at radius 3 is 2.30 bits per heavy atom. The molecule has 1 saturated heterocycles. The molecule has 2 aromatic heterocycles. The van der Waals surface area contributed by atoms with Gasteiger partial charge in [-0.25, -0.2) is 0 Å². The summed E-state index contributed by atoms with van der Waals surface area (Å²) in [4.78, 5) is 4.24. The van der Waals surface area contributed by atoms with Crippen LogP contribution in [0, 0.1) is 13.8 Å². The van der Waals surface area contributed by atoms with E-state index in [0.717, 1.165) is 21.5 Å². The number of rotatable bonds is 4. The normalized spacial score (nSPS) is 15.1. The zero-order chi connectivity index (χ0) is 21.5. The molecular formula is C20H23F3N6O. The minimum atomic E-state index is -4.62. The number of nitrogens with zero attached hydrogens (tertiary/aromatic N) is 6. The quantitative estimate of drug-likeness (QED) is 0.644. The average molecular weight is 420 g/mol. The molecule has 1 aliphatic rings. The van der Waals surface area contributed by atoms with Gasteiger partial charge in [-0.05, 0) is 32.9 Å². The number of ether oxygens (including phenoxy) is 1. The van der Waals surface area contributed by atoms with Crippen LogP contribution in [-0.4, -0.2) is 52.6 Å². The Kier molecular flexibility index (Phi) is 5.17. The molecule has 10 heteroatoms. The van der Waals surface area contributed by atoms with Crippen LogP contribution in [-0.2, 0) is 6.18 Å². The highest BCUT2D eigenvalue weighted by molar-refractivity contribution is 5.62. The molecule has 0 amide bonds. The molecule has 0 aliphatic carbocycles. The highest BCUT2D eigenvalue weighted by atomic mass is 19.4. The van der Waals surface area contributed by atoms with Gasteiger partial charge in [0.2, 0.25) is 0 Å². The Hall–Kier alpha value is -3.04. The molecule has 1 fully saturated rings. The van der Waals surface area contributed by atoms with Crippen molar-refractivity contribution in [1.82, 2.24) is 19.8 Å². The molecule has 1 aromatic carbocycles. The first-order valence-electron chi connectivity index (χ1n) is 9.82. The second kappa shape index (κ2) is 7.66. The molecule has 7 nitrogen and oxygen atoms in total. The van der Waals surface area contributed by atoms with E-state index in [-0.39, 0.29) is 5.65 Å². The predicted molar refractivity (Wildman–Crippen MR) is 107 cm³/mol. The number of aromatic nitrogens is 4. The van der Waals surface area contributed by atoms with Gasteiger partial charge >= 0.3 is 6.18 Å². The summed E-state index contributed by atoms with van der Waals surface area (Å²) in [6.45, 7) is 8.80. The van der Waals surface area contributed by atoms with E-state index in [2.05, 4.69) is 20.2 Å². The van der Waals surface area contributed by atoms with E-state index in [1.807, 2.05) is 43.0 Å². The van der Waals surface area contributed by atoms with Gasteiger partial charge < -0.3 is 14.5 Å². The minimum Gasteiger partial charge on any atom is -0.492 e. The summed E-state index contributed by atoms with van der Waals surface area (Å²) in [5, 5.41) is 11.3. The van der Waals surface area contributed by atoms with Crippen LogP contribution in [0.15, 0.2) is 24.3 Å². The SMILES string of the molecule is CCOc1ccccc1N1CCN(c2nn3c(C(F)(F)F)nnc3c(C)c2C)CC1. The summed E-state index contributed by atoms with van der Waals surface area (Å²) in [6, 6.07) is 7.87. The molecule has 0 radical (unpaired) electrons. The molecule has 30 heavy (non-hydrogen) atoms. The zero-order valence-corrected chi connectivity index (χ0v) is 17.1. The minimum absolute atomic E-state index is 0.132. The van der Waals surface area contributed by atoms with Crippen LogP contribution < -0.4 is 14.5 Å². The molecule has 0 saturated carbocycles. The molecule has 3 heterocycles. The van der Waals surface area contributed by atoms with Crippen molar-refractivity contribution < 1.29 is 17.9 Å². The van der Waals surface area contributed by atoms with Gasteiger partial charge in [-0.2, -0.15) is 17.7 Å². The number of hydrogen-bond acceptors (Lipinski definition) is 6. The number of aryl methyl sites for hydroxylation is 1. The maximum atomic E-state index is 13.3. The van der Waals surface area contributed by atoms with Crippen LogP contribution in [0.5, 0.6) is 5.75 Å². The topological polar surface area (TPSA) is 58.8 Å². The van der Waals surface area contributed by atoms with Crippen molar-refractivity contribution in [3.05, 3.63) is 41.2 Å². The molecule has 0 bridgehead atoms. The van der Waals surface area contributed by atoms with Gasteiger partial charge in [0.15, 0.2) is 11.5 Å². The molecule has 0 N–H and O–H groups in total. The second-order valence-electron chi connectivity index (χ2n) is 7.21. The smallest absolute Gasteiger partial charge is 0.453 e. The van der Waals surface area contributed by atoms with Gasteiger partial charge in [-0.15, -0.1) is 15.3 Å². The van der Waals surface area contributed by atoms with Crippen LogP contribution in [0.4, 0.5) is 24.7 Å². The molecule has 0 unspecified atom stereocenters. The van der Waals surface area contributed by atoms with E-state index in [4.69, 9.17) is 4.74 Å². The van der Waals surface area contributed by atoms with Gasteiger partial charge in [0, 0.05) is 37.3 Å². The summed E-state index contributed by atoms with van der Waals surface area (Å²) in [7, 11) is 0. The van der Waals surface area contributed by atoms with Crippen molar-refractivity contribution in [2.45, 2.75) is 26.9 Å². The fourth-order valence-corrected chi connectivity index (χ4v) is 3.75. The number of halogens is 3. The predicted octanol–water partition coefficient (Wildman–Crippen LogP) is 3.49. The van der Waals surface area contributed by atoms with Crippen LogP contribution in [0.3, 0.4) is 0 Å². The fourth-order valence-electron chi connectivity index (χ4n) is 3.75. The van der Waals surface area contributed by atoms with Crippen molar-refractivity contribution in [3.63, 3.8) is 0 Å². The number of anilines is 2. The monoisotopic (exact) mass is 420 g/mol. The van der Waals surface area contributed by atoms with Crippen molar-refractivity contribution in [2.75, 3.05) is 42.6 Å². The first-order chi connectivity index (χ1) is 14.3. The van der Waals surface area contributed by atoms with Crippen LogP contribution >= 0.6 is 0 Å². The van der Waals surface area contributed by atoms with E-state index < -0.39 is 12.0 Å². The summed E-state index contributed by atoms with van der Waals surface area (Å²) < 4.78 is 46.4. The third kappa shape index (κ3) is 3.50. The summed E-state index contributed by atoms with van der Waals surface area (Å²) in [5.74, 6) is 0.258. The van der Waals surface area contributed by atoms with Gasteiger partial charge in [0.1, 0.15) is 5.75 Å². The van der Waals surface area contributed by atoms with E-state index in [1.54, 1.807) is 6.92 Å². The molecule has 160 valence electrons. The highest BCUT2D eigenvalue weighted by Crippen LogP contribution is 2.32. The third-order valence-electron chi connectivity index (χ3n) is 5.41. The highest BCUT2D eigenvalue weighted by Gasteiger charge is 2.38. The van der Waals surface area contributed by atoms with Gasteiger partial charge in [0.05, 0.1) is 12.3 Å². The lowest BCUT2D eigenvalue weighted by Crippen LogP contribution is -2.47. The number of para-hydroxylation sites is 2. The van der Waals surface area contributed by atoms with E-state index >= 15 is 0 Å². The lowest BCUT2D eigenvalue weighted by molar-refractivity contribution is -0.146. The number of benzene rings is 1. The second-order valence-corrected chi connectivity index (χ2v) is 7.21. The fraction of sp³-hybridized carbons (Fsp3) is 0.450. The van der Waals surface area contributed by atoms with Crippen molar-refractivity contribution in [1.29, 1.82) is 0 Å². The first-order valence-corrected chi connectivity index (χ1v) is 9.82.